The second-order valence-electron chi connectivity index (χ2n) is 12.2. The van der Waals surface area contributed by atoms with Gasteiger partial charge in [0.15, 0.2) is 0 Å². The highest BCUT2D eigenvalue weighted by Gasteiger charge is 2.30. The second kappa shape index (κ2) is 13.3. The number of hydrogen-bond acceptors (Lipinski definition) is 6. The number of carbonyl (C=O) groups is 2. The van der Waals surface area contributed by atoms with Crippen LogP contribution in [-0.2, 0) is 16.1 Å². The lowest BCUT2D eigenvalue weighted by Gasteiger charge is -2.26. The highest BCUT2D eigenvalue weighted by atomic mass is 32.1. The first-order valence-corrected chi connectivity index (χ1v) is 16.9. The number of thiophene rings is 1. The molecule has 2 N–H and O–H groups in total. The highest BCUT2D eigenvalue weighted by molar-refractivity contribution is 7.21. The second-order valence-corrected chi connectivity index (χ2v) is 13.3. The van der Waals surface area contributed by atoms with Crippen molar-refractivity contribution in [3.63, 3.8) is 0 Å². The number of ether oxygens (including phenoxy) is 1. The molecule has 0 radical (unpaired) electrons. The van der Waals surface area contributed by atoms with E-state index in [-0.39, 0.29) is 29.1 Å². The largest absolute Gasteiger partial charge is 0.477 e. The molecule has 1 saturated carbocycles. The minimum absolute atomic E-state index is 0.0833. The van der Waals surface area contributed by atoms with Crippen LogP contribution in [0.1, 0.15) is 53.3 Å². The topological polar surface area (TPSA) is 96.7 Å². The fraction of sp³-hybridized carbons (Fsp3) is 0.361. The summed E-state index contributed by atoms with van der Waals surface area (Å²) in [6.07, 6.45) is 5.49. The Balaban J connectivity index is 1.29. The number of pyridine rings is 1. The first-order valence-electron chi connectivity index (χ1n) is 16.1. The third-order valence-corrected chi connectivity index (χ3v) is 10.4. The Hall–Kier alpha value is -4.12. The lowest BCUT2D eigenvalue weighted by Crippen LogP contribution is -2.41. The van der Waals surface area contributed by atoms with Gasteiger partial charge in [0.1, 0.15) is 17.2 Å². The maximum atomic E-state index is 14.5. The Morgan fingerprint density at radius 3 is 2.61 bits per heavy atom. The van der Waals surface area contributed by atoms with Crippen LogP contribution in [0.4, 0.5) is 4.39 Å². The van der Waals surface area contributed by atoms with E-state index >= 15 is 0 Å². The van der Waals surface area contributed by atoms with Crippen molar-refractivity contribution in [1.29, 1.82) is 0 Å². The summed E-state index contributed by atoms with van der Waals surface area (Å²) in [4.78, 5) is 32.9. The van der Waals surface area contributed by atoms with Gasteiger partial charge in [-0.2, -0.15) is 0 Å². The highest BCUT2D eigenvalue weighted by Crippen LogP contribution is 2.47. The number of carboxylic acid groups (broad SMARTS) is 1. The van der Waals surface area contributed by atoms with E-state index < -0.39 is 5.97 Å². The van der Waals surface area contributed by atoms with E-state index in [1.54, 1.807) is 24.3 Å². The van der Waals surface area contributed by atoms with Crippen LogP contribution in [0, 0.1) is 5.82 Å². The van der Waals surface area contributed by atoms with Gasteiger partial charge in [-0.25, -0.2) is 14.2 Å². The fourth-order valence-electron chi connectivity index (χ4n) is 6.97. The first kappa shape index (κ1) is 30.5. The van der Waals surface area contributed by atoms with Crippen LogP contribution < -0.4 is 5.32 Å². The third-order valence-electron chi connectivity index (χ3n) is 9.27. The molecule has 2 aromatic carbocycles. The minimum Gasteiger partial charge on any atom is -0.477 e. The van der Waals surface area contributed by atoms with Crippen LogP contribution in [0.5, 0.6) is 0 Å². The third kappa shape index (κ3) is 6.17. The molecule has 5 aromatic rings. The van der Waals surface area contributed by atoms with Crippen molar-refractivity contribution in [3.8, 4) is 22.5 Å². The molecule has 1 saturated heterocycles. The van der Waals surface area contributed by atoms with Crippen LogP contribution in [0.3, 0.4) is 0 Å². The van der Waals surface area contributed by atoms with Crippen molar-refractivity contribution in [2.75, 3.05) is 39.4 Å². The first-order chi connectivity index (χ1) is 22.5. The smallest absolute Gasteiger partial charge is 0.345 e. The molecule has 4 heterocycles. The maximum Gasteiger partial charge on any atom is 0.345 e. The molecule has 2 fully saturated rings. The molecular weight excluding hydrogens is 603 g/mol. The average Bonchev–Trinajstić information content (AvgIpc) is 3.64. The van der Waals surface area contributed by atoms with Gasteiger partial charge in [0.25, 0.3) is 0 Å². The van der Waals surface area contributed by atoms with Crippen LogP contribution in [0.15, 0.2) is 60.7 Å². The minimum atomic E-state index is -0.957. The summed E-state index contributed by atoms with van der Waals surface area (Å²) in [5.74, 6) is -1.11. The summed E-state index contributed by atoms with van der Waals surface area (Å²) >= 11 is 1.31. The quantitative estimate of drug-likeness (QED) is 0.182. The van der Waals surface area contributed by atoms with Gasteiger partial charge in [-0.15, -0.1) is 11.3 Å². The summed E-state index contributed by atoms with van der Waals surface area (Å²) in [7, 11) is 0. The Kier molecular flexibility index (Phi) is 8.84. The van der Waals surface area contributed by atoms with E-state index in [0.717, 1.165) is 83.3 Å². The molecular formula is C36H37FN4O4S. The molecule has 46 heavy (non-hydrogen) atoms. The summed E-state index contributed by atoms with van der Waals surface area (Å²) < 4.78 is 22.9. The Morgan fingerprint density at radius 2 is 1.83 bits per heavy atom. The van der Waals surface area contributed by atoms with Gasteiger partial charge in [0, 0.05) is 37.1 Å². The molecule has 1 aliphatic heterocycles. The Labute approximate surface area is 270 Å². The number of fused-ring (bicyclic) bond motifs is 2. The number of benzene rings is 2. The summed E-state index contributed by atoms with van der Waals surface area (Å²) in [6.45, 7) is 4.49. The molecule has 0 atom stereocenters. The number of rotatable bonds is 9. The van der Waals surface area contributed by atoms with Gasteiger partial charge in [-0.1, -0.05) is 43.5 Å². The number of morpholine rings is 1. The van der Waals surface area contributed by atoms with E-state index in [1.165, 1.54) is 23.8 Å². The number of carbonyl (C=O) groups excluding carboxylic acids is 1. The summed E-state index contributed by atoms with van der Waals surface area (Å²) in [6, 6.07) is 18.2. The molecule has 0 bridgehead atoms. The van der Waals surface area contributed by atoms with Crippen molar-refractivity contribution < 1.29 is 23.8 Å². The van der Waals surface area contributed by atoms with Gasteiger partial charge in [0.2, 0.25) is 5.91 Å². The summed E-state index contributed by atoms with van der Waals surface area (Å²) in [5, 5.41) is 13.9. The Morgan fingerprint density at radius 1 is 1.02 bits per heavy atom. The van der Waals surface area contributed by atoms with Crippen molar-refractivity contribution in [2.24, 2.45) is 0 Å². The average molecular weight is 641 g/mol. The van der Waals surface area contributed by atoms with Gasteiger partial charge in [-0.05, 0) is 66.3 Å². The SMILES string of the molecule is O=C(Cn1c(-c2ccc3nc(-c4ccccc4F)ccc3c2)c(C2CCCCC2)c2sc(C(=O)O)cc21)NCCN1CCOCC1. The van der Waals surface area contributed by atoms with Crippen LogP contribution in [0.25, 0.3) is 43.6 Å². The molecule has 7 rings (SSSR count). The van der Waals surface area contributed by atoms with E-state index in [9.17, 15) is 19.1 Å². The van der Waals surface area contributed by atoms with E-state index in [4.69, 9.17) is 9.72 Å². The Bertz CT molecular complexity index is 1910. The molecule has 238 valence electrons. The zero-order chi connectivity index (χ0) is 31.6. The standard InChI is InChI=1S/C36H37FN4O4S/c37-27-9-5-4-8-26(27)29-13-10-24-20-25(11-12-28(24)39-29)34-33(23-6-2-1-3-7-23)35-30(21-31(46-35)36(43)44)41(34)22-32(42)38-14-15-40-16-18-45-19-17-40/h4-5,8-13,20-21,23H,1-3,6-7,14-19,22H2,(H,38,42)(H,43,44). The summed E-state index contributed by atoms with van der Waals surface area (Å²) in [5.41, 5.74) is 5.62. The number of hydrogen-bond donors (Lipinski definition) is 2. The van der Waals surface area contributed by atoms with Crippen LogP contribution in [-0.4, -0.2) is 70.8 Å². The molecule has 3 aromatic heterocycles. The zero-order valence-corrected chi connectivity index (χ0v) is 26.5. The molecule has 10 heteroatoms. The van der Waals surface area contributed by atoms with Crippen LogP contribution >= 0.6 is 11.3 Å². The van der Waals surface area contributed by atoms with Gasteiger partial charge in [0.05, 0.1) is 40.3 Å². The number of amides is 1. The van der Waals surface area contributed by atoms with E-state index in [2.05, 4.69) is 16.3 Å². The van der Waals surface area contributed by atoms with Gasteiger partial charge >= 0.3 is 5.97 Å². The van der Waals surface area contributed by atoms with E-state index in [0.29, 0.717) is 31.0 Å². The normalized spacial score (nSPS) is 16.3. The zero-order valence-electron chi connectivity index (χ0n) is 25.6. The molecule has 8 nitrogen and oxygen atoms in total. The molecule has 0 unspecified atom stereocenters. The van der Waals surface area contributed by atoms with Crippen molar-refractivity contribution >= 4 is 44.3 Å². The van der Waals surface area contributed by atoms with Gasteiger partial charge in [-0.3, -0.25) is 9.69 Å². The van der Waals surface area contributed by atoms with E-state index in [1.807, 2.05) is 28.8 Å². The number of aromatic nitrogens is 2. The van der Waals surface area contributed by atoms with Crippen molar-refractivity contribution in [2.45, 2.75) is 44.6 Å². The number of nitrogens with one attached hydrogen (secondary N) is 1. The number of halogens is 1. The predicted molar refractivity (Wildman–Crippen MR) is 179 cm³/mol. The lowest BCUT2D eigenvalue weighted by molar-refractivity contribution is -0.121. The van der Waals surface area contributed by atoms with Crippen molar-refractivity contribution in [3.05, 3.63) is 76.9 Å². The van der Waals surface area contributed by atoms with Gasteiger partial charge < -0.3 is 19.7 Å². The molecule has 1 aliphatic carbocycles. The number of nitrogens with zero attached hydrogens (tertiary/aromatic N) is 3. The van der Waals surface area contributed by atoms with Crippen LogP contribution in [0.2, 0.25) is 0 Å². The predicted octanol–water partition coefficient (Wildman–Crippen LogP) is 6.92. The van der Waals surface area contributed by atoms with Crippen molar-refractivity contribution in [1.82, 2.24) is 19.8 Å². The molecule has 2 aliphatic rings. The number of aromatic carboxylic acids is 1. The lowest BCUT2D eigenvalue weighted by atomic mass is 9.83. The maximum absolute atomic E-state index is 14.5. The fourth-order valence-corrected chi connectivity index (χ4v) is 8.09. The molecule has 1 amide bonds. The molecule has 0 spiro atoms. The number of carboxylic acids is 1. The monoisotopic (exact) mass is 640 g/mol.